The molecule has 24 heavy (non-hydrogen) atoms. The van der Waals surface area contributed by atoms with Crippen LogP contribution >= 0.6 is 0 Å². The van der Waals surface area contributed by atoms with Gasteiger partial charge < -0.3 is 18.5 Å². The molecule has 0 unspecified atom stereocenters. The minimum Gasteiger partial charge on any atom is -0.497 e. The van der Waals surface area contributed by atoms with Crippen molar-refractivity contribution in [2.24, 2.45) is 0 Å². The van der Waals surface area contributed by atoms with Crippen LogP contribution in [-0.2, 0) is 27.2 Å². The molecule has 1 N–H and O–H groups in total. The molecule has 0 amide bonds. The van der Waals surface area contributed by atoms with Crippen molar-refractivity contribution in [2.45, 2.75) is 12.4 Å². The van der Waals surface area contributed by atoms with E-state index in [4.69, 9.17) is 14.3 Å². The van der Waals surface area contributed by atoms with Gasteiger partial charge in [-0.15, -0.1) is 0 Å². The van der Waals surface area contributed by atoms with Gasteiger partial charge in [-0.3, -0.25) is 4.98 Å². The maximum atomic E-state index is 11.0. The van der Waals surface area contributed by atoms with Crippen LogP contribution in [0.25, 0.3) is 10.9 Å². The van der Waals surface area contributed by atoms with E-state index in [1.54, 1.807) is 13.3 Å². The largest absolute Gasteiger partial charge is 0.497 e. The average molecular weight is 341 g/mol. The Balaban J connectivity index is 1.81. The average Bonchev–Trinajstić information content (AvgIpc) is 2.59. The van der Waals surface area contributed by atoms with E-state index in [2.05, 4.69) is 4.98 Å². The van der Waals surface area contributed by atoms with Crippen molar-refractivity contribution in [3.05, 3.63) is 65.9 Å². The van der Waals surface area contributed by atoms with E-state index in [1.165, 1.54) is 0 Å². The quantitative estimate of drug-likeness (QED) is 0.687. The highest BCUT2D eigenvalue weighted by Crippen LogP contribution is 2.27. The van der Waals surface area contributed by atoms with Crippen LogP contribution in [0.2, 0.25) is 0 Å². The van der Waals surface area contributed by atoms with Crippen molar-refractivity contribution in [2.75, 3.05) is 7.11 Å². The number of ether oxygens (including phenoxy) is 2. The number of hydrogen-bond acceptors (Lipinski definition) is 6. The maximum absolute atomic E-state index is 11.0. The Labute approximate surface area is 142 Å². The maximum Gasteiger partial charge on any atom is 0.130 e. The first-order chi connectivity index (χ1) is 11.7. The molecule has 1 heterocycles. The van der Waals surface area contributed by atoms with Gasteiger partial charge in [-0.05, 0) is 23.8 Å². The summed E-state index contributed by atoms with van der Waals surface area (Å²) in [6.07, 6.45) is 1.71. The number of pyridine rings is 1. The van der Waals surface area contributed by atoms with Crippen molar-refractivity contribution in [3.63, 3.8) is 0 Å². The molecular formula is C18H17N2O3S-. The van der Waals surface area contributed by atoms with E-state index in [0.717, 1.165) is 33.5 Å². The van der Waals surface area contributed by atoms with E-state index in [-0.39, 0.29) is 5.75 Å². The lowest BCUT2D eigenvalue weighted by Crippen LogP contribution is -1.98. The Morgan fingerprint density at radius 3 is 2.75 bits per heavy atom. The first-order valence-corrected chi connectivity index (χ1v) is 8.70. The summed E-state index contributed by atoms with van der Waals surface area (Å²) in [5.74, 6) is 1.73. The monoisotopic (exact) mass is 341 g/mol. The molecule has 0 saturated carbocycles. The molecule has 0 fully saturated rings. The third kappa shape index (κ3) is 3.83. The van der Waals surface area contributed by atoms with Gasteiger partial charge in [0.15, 0.2) is 0 Å². The number of nitrogens with one attached hydrogen (secondary N) is 1. The molecule has 0 aliphatic rings. The van der Waals surface area contributed by atoms with Crippen LogP contribution in [0.15, 0.2) is 54.7 Å². The summed E-state index contributed by atoms with van der Waals surface area (Å²) in [6, 6.07) is 15.1. The zero-order valence-corrected chi connectivity index (χ0v) is 14.0. The summed E-state index contributed by atoms with van der Waals surface area (Å²) in [5, 5.41) is 0.918. The second-order valence-electron chi connectivity index (χ2n) is 5.29. The van der Waals surface area contributed by atoms with Crippen molar-refractivity contribution >= 4 is 21.5 Å². The number of fused-ring (bicyclic) bond motifs is 1. The van der Waals surface area contributed by atoms with Gasteiger partial charge in [-0.2, -0.15) is 10.6 Å². The minimum absolute atomic E-state index is 0.228. The number of benzene rings is 2. The van der Waals surface area contributed by atoms with E-state index >= 15 is 0 Å². The molecule has 3 rings (SSSR count). The third-order valence-corrected chi connectivity index (χ3v) is 4.19. The van der Waals surface area contributed by atoms with Gasteiger partial charge in [0, 0.05) is 17.6 Å². The normalized spacial score (nSPS) is 10.9. The molecule has 0 aliphatic carbocycles. The van der Waals surface area contributed by atoms with E-state index in [9.17, 15) is 4.21 Å². The van der Waals surface area contributed by atoms with Crippen LogP contribution < -0.4 is 9.47 Å². The summed E-state index contributed by atoms with van der Waals surface area (Å²) < 4.78 is 29.4. The van der Waals surface area contributed by atoms with E-state index in [1.807, 2.05) is 48.5 Å². The topological polar surface area (TPSA) is 72.3 Å². The Kier molecular flexibility index (Phi) is 4.96. The molecule has 0 spiro atoms. The lowest BCUT2D eigenvalue weighted by molar-refractivity contribution is 0.309. The SMILES string of the molecule is COc1ccc2c(OCc3cccc(C[S-](=N)=O)c3)ccnc2c1. The number of nitrogens with zero attached hydrogens (tertiary/aromatic N) is 1. The van der Waals surface area contributed by atoms with E-state index < -0.39 is 10.6 Å². The third-order valence-electron chi connectivity index (χ3n) is 3.59. The number of rotatable bonds is 6. The Morgan fingerprint density at radius 1 is 1.12 bits per heavy atom. The van der Waals surface area contributed by atoms with Crippen LogP contribution in [0.1, 0.15) is 11.1 Å². The van der Waals surface area contributed by atoms with Gasteiger partial charge in [-0.25, -0.2) is 0 Å². The van der Waals surface area contributed by atoms with Gasteiger partial charge in [0.05, 0.1) is 12.6 Å². The number of methoxy groups -OCH3 is 1. The van der Waals surface area contributed by atoms with Crippen LogP contribution in [0.4, 0.5) is 0 Å². The number of aromatic nitrogens is 1. The molecule has 5 nitrogen and oxygen atoms in total. The van der Waals surface area contributed by atoms with Gasteiger partial charge in [0.25, 0.3) is 0 Å². The van der Waals surface area contributed by atoms with Crippen LogP contribution in [0.3, 0.4) is 0 Å². The molecule has 0 aliphatic heterocycles. The summed E-state index contributed by atoms with van der Waals surface area (Å²) in [6.45, 7) is 0.392. The Bertz CT molecular complexity index is 930. The molecular weight excluding hydrogens is 324 g/mol. The summed E-state index contributed by atoms with van der Waals surface area (Å²) >= 11 is 0. The van der Waals surface area contributed by atoms with Crippen molar-refractivity contribution in [3.8, 4) is 11.5 Å². The second kappa shape index (κ2) is 7.31. The molecule has 0 saturated heterocycles. The Hall–Kier alpha value is -2.60. The lowest BCUT2D eigenvalue weighted by Gasteiger charge is -2.11. The number of hydrogen-bond donors (Lipinski definition) is 1. The fraction of sp³-hybridized carbons (Fsp3) is 0.167. The second-order valence-corrected chi connectivity index (χ2v) is 6.27. The zero-order chi connectivity index (χ0) is 16.9. The first kappa shape index (κ1) is 16.3. The van der Waals surface area contributed by atoms with Crippen molar-refractivity contribution < 1.29 is 13.7 Å². The first-order valence-electron chi connectivity index (χ1n) is 7.38. The molecule has 2 aromatic carbocycles. The highest BCUT2D eigenvalue weighted by Gasteiger charge is 2.05. The molecule has 0 radical (unpaired) electrons. The van der Waals surface area contributed by atoms with Crippen molar-refractivity contribution in [1.82, 2.24) is 4.98 Å². The predicted molar refractivity (Wildman–Crippen MR) is 93.5 cm³/mol. The summed E-state index contributed by atoms with van der Waals surface area (Å²) in [5.41, 5.74) is 2.65. The molecule has 6 heteroatoms. The molecule has 3 aromatic rings. The highest BCUT2D eigenvalue weighted by atomic mass is 32.2. The molecule has 124 valence electrons. The van der Waals surface area contributed by atoms with Gasteiger partial charge in [0.2, 0.25) is 0 Å². The van der Waals surface area contributed by atoms with Gasteiger partial charge in [0.1, 0.15) is 18.1 Å². The standard InChI is InChI=1S/C18H17N2O3S/c1-22-15-5-6-16-17(10-15)20-8-7-18(16)23-11-13-3-2-4-14(9-13)12-24(19)21/h2-10,19H,11-12H2,1H3/q-1. The summed E-state index contributed by atoms with van der Waals surface area (Å²) in [4.78, 5) is 4.34. The lowest BCUT2D eigenvalue weighted by atomic mass is 10.1. The van der Waals surface area contributed by atoms with Crippen LogP contribution in [0.5, 0.6) is 11.5 Å². The molecule has 1 aromatic heterocycles. The zero-order valence-electron chi connectivity index (χ0n) is 13.2. The van der Waals surface area contributed by atoms with Crippen LogP contribution in [0, 0.1) is 4.78 Å². The smallest absolute Gasteiger partial charge is 0.130 e. The highest BCUT2D eigenvalue weighted by molar-refractivity contribution is 7.72. The minimum atomic E-state index is -1.60. The fourth-order valence-electron chi connectivity index (χ4n) is 2.48. The Morgan fingerprint density at radius 2 is 1.96 bits per heavy atom. The fourth-order valence-corrected chi connectivity index (χ4v) is 2.96. The molecule has 0 bridgehead atoms. The van der Waals surface area contributed by atoms with Gasteiger partial charge in [-0.1, -0.05) is 35.6 Å². The van der Waals surface area contributed by atoms with Crippen molar-refractivity contribution in [1.29, 1.82) is 4.78 Å². The predicted octanol–water partition coefficient (Wildman–Crippen LogP) is 4.05. The molecule has 0 atom stereocenters. The summed E-state index contributed by atoms with van der Waals surface area (Å²) in [7, 11) is 0.0259. The van der Waals surface area contributed by atoms with Gasteiger partial charge >= 0.3 is 0 Å². The van der Waals surface area contributed by atoms with Crippen LogP contribution in [-0.4, -0.2) is 12.1 Å². The van der Waals surface area contributed by atoms with E-state index in [0.29, 0.717) is 6.61 Å².